The van der Waals surface area contributed by atoms with Gasteiger partial charge in [0.15, 0.2) is 18.1 Å². The van der Waals surface area contributed by atoms with Crippen LogP contribution in [0.2, 0.25) is 0 Å². The van der Waals surface area contributed by atoms with Crippen molar-refractivity contribution in [2.24, 2.45) is 5.10 Å². The molecule has 1 aromatic heterocycles. The van der Waals surface area contributed by atoms with Gasteiger partial charge in [0.05, 0.1) is 30.8 Å². The summed E-state index contributed by atoms with van der Waals surface area (Å²) in [5.41, 5.74) is 1.24. The molecule has 2 aromatic carbocycles. The summed E-state index contributed by atoms with van der Waals surface area (Å²) in [6, 6.07) is 12.6. The molecule has 8 heteroatoms. The van der Waals surface area contributed by atoms with Crippen LogP contribution in [-0.2, 0) is 9.53 Å². The molecule has 0 radical (unpaired) electrons. The van der Waals surface area contributed by atoms with E-state index in [0.717, 1.165) is 31.2 Å². The Kier molecular flexibility index (Phi) is 7.57. The summed E-state index contributed by atoms with van der Waals surface area (Å²) in [6.45, 7) is 1.82. The van der Waals surface area contributed by atoms with Crippen molar-refractivity contribution < 1.29 is 19.0 Å². The number of hydrogen-bond acceptors (Lipinski definition) is 7. The molecule has 4 rings (SSSR count). The van der Waals surface area contributed by atoms with E-state index in [2.05, 4.69) is 5.10 Å². The normalized spacial score (nSPS) is 14.4. The zero-order valence-electron chi connectivity index (χ0n) is 19.5. The number of benzene rings is 2. The molecule has 8 nitrogen and oxygen atoms in total. The molecule has 3 aromatic rings. The second-order valence-electron chi connectivity index (χ2n) is 8.19. The number of fused-ring (bicyclic) bond motifs is 1. The number of nitrogens with zero attached hydrogens (tertiary/aromatic N) is 3. The number of methoxy groups -OCH3 is 1. The molecule has 0 unspecified atom stereocenters. The lowest BCUT2D eigenvalue weighted by Gasteiger charge is -2.22. The van der Waals surface area contributed by atoms with E-state index < -0.39 is 5.97 Å². The molecule has 0 atom stereocenters. The van der Waals surface area contributed by atoms with Crippen LogP contribution in [0.3, 0.4) is 0 Å². The van der Waals surface area contributed by atoms with Gasteiger partial charge in [-0.05, 0) is 55.7 Å². The number of esters is 1. The van der Waals surface area contributed by atoms with Crippen molar-refractivity contribution in [2.75, 3.05) is 20.3 Å². The number of rotatable bonds is 8. The highest BCUT2D eigenvalue weighted by molar-refractivity contribution is 5.81. The lowest BCUT2D eigenvalue weighted by Crippen LogP contribution is -2.25. The third kappa shape index (κ3) is 5.27. The molecule has 178 valence electrons. The van der Waals surface area contributed by atoms with E-state index in [1.807, 2.05) is 18.2 Å². The molecule has 0 amide bonds. The molecule has 1 aliphatic carbocycles. The maximum atomic E-state index is 13.3. The van der Waals surface area contributed by atoms with Crippen LogP contribution in [0, 0.1) is 0 Å². The first-order valence-corrected chi connectivity index (χ1v) is 11.6. The average Bonchev–Trinajstić information content (AvgIpc) is 2.87. The van der Waals surface area contributed by atoms with Crippen LogP contribution in [0.1, 0.15) is 56.3 Å². The molecule has 0 N–H and O–H groups in total. The van der Waals surface area contributed by atoms with Crippen LogP contribution in [0.15, 0.2) is 52.4 Å². The van der Waals surface area contributed by atoms with Crippen molar-refractivity contribution in [1.29, 1.82) is 0 Å². The summed E-state index contributed by atoms with van der Waals surface area (Å²) >= 11 is 0. The predicted molar refractivity (Wildman–Crippen MR) is 130 cm³/mol. The molecular weight excluding hydrogens is 434 g/mol. The Morgan fingerprint density at radius 2 is 1.94 bits per heavy atom. The Morgan fingerprint density at radius 3 is 2.71 bits per heavy atom. The minimum atomic E-state index is -0.450. The monoisotopic (exact) mass is 463 g/mol. The van der Waals surface area contributed by atoms with Gasteiger partial charge in [0.2, 0.25) is 0 Å². The molecule has 1 aliphatic rings. The van der Waals surface area contributed by atoms with Crippen LogP contribution < -0.4 is 15.0 Å². The molecule has 0 saturated heterocycles. The van der Waals surface area contributed by atoms with Gasteiger partial charge < -0.3 is 14.2 Å². The smallest absolute Gasteiger partial charge is 0.344 e. The minimum Gasteiger partial charge on any atom is -0.493 e. The Labute approximate surface area is 198 Å². The maximum absolute atomic E-state index is 13.3. The zero-order valence-corrected chi connectivity index (χ0v) is 19.5. The Hall–Kier alpha value is -3.68. The summed E-state index contributed by atoms with van der Waals surface area (Å²) in [5.74, 6) is 1.33. The zero-order chi connectivity index (χ0) is 23.9. The van der Waals surface area contributed by atoms with Crippen molar-refractivity contribution >= 4 is 23.1 Å². The highest BCUT2D eigenvalue weighted by Crippen LogP contribution is 2.32. The lowest BCUT2D eigenvalue weighted by molar-refractivity contribution is -0.145. The summed E-state index contributed by atoms with van der Waals surface area (Å²) in [5, 5.41) is 5.09. The first-order chi connectivity index (χ1) is 16.6. The van der Waals surface area contributed by atoms with Crippen LogP contribution in [0.25, 0.3) is 10.9 Å². The SMILES string of the molecule is CCOC(=O)COc1ccc(C=Nn2c(C3CCCCC3)nc3ccccc3c2=O)cc1OC. The van der Waals surface area contributed by atoms with E-state index >= 15 is 0 Å². The second kappa shape index (κ2) is 11.0. The fourth-order valence-electron chi connectivity index (χ4n) is 4.22. The fraction of sp³-hybridized carbons (Fsp3) is 0.385. The Morgan fingerprint density at radius 1 is 1.15 bits per heavy atom. The van der Waals surface area contributed by atoms with E-state index in [4.69, 9.17) is 19.2 Å². The Bertz CT molecular complexity index is 1240. The summed E-state index contributed by atoms with van der Waals surface area (Å²) in [6.07, 6.45) is 7.08. The van der Waals surface area contributed by atoms with Gasteiger partial charge in [0, 0.05) is 5.92 Å². The van der Waals surface area contributed by atoms with Crippen molar-refractivity contribution in [3.63, 3.8) is 0 Å². The van der Waals surface area contributed by atoms with Crippen molar-refractivity contribution in [3.8, 4) is 11.5 Å². The lowest BCUT2D eigenvalue weighted by atomic mass is 9.88. The number of carbonyl (C=O) groups is 1. The number of carbonyl (C=O) groups excluding carboxylic acids is 1. The van der Waals surface area contributed by atoms with E-state index in [-0.39, 0.29) is 18.1 Å². The van der Waals surface area contributed by atoms with E-state index in [9.17, 15) is 9.59 Å². The summed E-state index contributed by atoms with van der Waals surface area (Å²) < 4.78 is 17.3. The average molecular weight is 464 g/mol. The quantitative estimate of drug-likeness (QED) is 0.366. The van der Waals surface area contributed by atoms with Crippen LogP contribution in [0.4, 0.5) is 0 Å². The highest BCUT2D eigenvalue weighted by atomic mass is 16.6. The van der Waals surface area contributed by atoms with E-state index in [0.29, 0.717) is 34.8 Å². The van der Waals surface area contributed by atoms with Crippen LogP contribution in [0.5, 0.6) is 11.5 Å². The molecule has 0 spiro atoms. The van der Waals surface area contributed by atoms with E-state index in [1.165, 1.54) is 18.2 Å². The minimum absolute atomic E-state index is 0.177. The van der Waals surface area contributed by atoms with Gasteiger partial charge in [-0.3, -0.25) is 4.79 Å². The van der Waals surface area contributed by atoms with Gasteiger partial charge in [-0.1, -0.05) is 31.4 Å². The molecule has 34 heavy (non-hydrogen) atoms. The van der Waals surface area contributed by atoms with Crippen molar-refractivity contribution in [3.05, 3.63) is 64.2 Å². The summed E-state index contributed by atoms with van der Waals surface area (Å²) in [7, 11) is 1.52. The van der Waals surface area contributed by atoms with Gasteiger partial charge in [-0.25, -0.2) is 9.78 Å². The third-order valence-corrected chi connectivity index (χ3v) is 5.91. The van der Waals surface area contributed by atoms with Crippen LogP contribution >= 0.6 is 0 Å². The molecule has 0 bridgehead atoms. The van der Waals surface area contributed by atoms with E-state index in [1.54, 1.807) is 37.4 Å². The van der Waals surface area contributed by atoms with Gasteiger partial charge in [-0.15, -0.1) is 0 Å². The standard InChI is InChI=1S/C26H29N3O5/c1-3-33-24(30)17-34-22-14-13-18(15-23(22)32-2)16-27-29-25(19-9-5-4-6-10-19)28-21-12-8-7-11-20(21)26(29)31/h7-8,11-16,19H,3-6,9-10,17H2,1-2H3. The maximum Gasteiger partial charge on any atom is 0.344 e. The second-order valence-corrected chi connectivity index (χ2v) is 8.19. The van der Waals surface area contributed by atoms with Gasteiger partial charge >= 0.3 is 5.97 Å². The first kappa shape index (κ1) is 23.5. The van der Waals surface area contributed by atoms with Gasteiger partial charge in [0.25, 0.3) is 5.56 Å². The molecule has 0 aliphatic heterocycles. The number of ether oxygens (including phenoxy) is 3. The molecule has 1 fully saturated rings. The highest BCUT2D eigenvalue weighted by Gasteiger charge is 2.22. The largest absolute Gasteiger partial charge is 0.493 e. The topological polar surface area (TPSA) is 92.0 Å². The molecule has 1 heterocycles. The molecule has 1 saturated carbocycles. The summed E-state index contributed by atoms with van der Waals surface area (Å²) in [4.78, 5) is 29.7. The van der Waals surface area contributed by atoms with Crippen LogP contribution in [-0.4, -0.2) is 42.2 Å². The third-order valence-electron chi connectivity index (χ3n) is 5.91. The number of hydrogen-bond donors (Lipinski definition) is 0. The first-order valence-electron chi connectivity index (χ1n) is 11.6. The molecular formula is C26H29N3O5. The van der Waals surface area contributed by atoms with Crippen molar-refractivity contribution in [2.45, 2.75) is 44.9 Å². The van der Waals surface area contributed by atoms with Crippen molar-refractivity contribution in [1.82, 2.24) is 9.66 Å². The number of aromatic nitrogens is 2. The van der Waals surface area contributed by atoms with Gasteiger partial charge in [0.1, 0.15) is 5.82 Å². The fourth-order valence-corrected chi connectivity index (χ4v) is 4.22. The predicted octanol–water partition coefficient (Wildman–Crippen LogP) is 4.28. The number of para-hydroxylation sites is 1. The van der Waals surface area contributed by atoms with Gasteiger partial charge in [-0.2, -0.15) is 9.78 Å². The Balaban J connectivity index is 1.65.